The number of phenols is 3. The molecule has 0 spiro atoms. The summed E-state index contributed by atoms with van der Waals surface area (Å²) in [5.41, 5.74) is 0.576. The Bertz CT molecular complexity index is 467. The Morgan fingerprint density at radius 3 is 2.65 bits per heavy atom. The molecule has 0 saturated carbocycles. The Kier molecular flexibility index (Phi) is 4.69. The van der Waals surface area contributed by atoms with Gasteiger partial charge in [0.2, 0.25) is 5.75 Å². The first-order chi connectivity index (χ1) is 9.49. The lowest BCUT2D eigenvalue weighted by molar-refractivity contribution is 0.113. The Labute approximate surface area is 119 Å². The molecule has 1 atom stereocenters. The number of rotatable bonds is 4. The van der Waals surface area contributed by atoms with Crippen LogP contribution in [0, 0.1) is 0 Å². The summed E-state index contributed by atoms with van der Waals surface area (Å²) < 4.78 is 0. The van der Waals surface area contributed by atoms with Crippen LogP contribution in [0.4, 0.5) is 0 Å². The van der Waals surface area contributed by atoms with Crippen LogP contribution in [-0.4, -0.2) is 71.4 Å². The quantitative estimate of drug-likeness (QED) is 0.588. The van der Waals surface area contributed by atoms with Gasteiger partial charge in [-0.2, -0.15) is 0 Å². The number of hydrogen-bond acceptors (Lipinski definition) is 6. The minimum absolute atomic E-state index is 0.258. The Hall–Kier alpha value is -1.50. The van der Waals surface area contributed by atoms with Crippen molar-refractivity contribution >= 4 is 0 Å². The van der Waals surface area contributed by atoms with E-state index < -0.39 is 5.75 Å². The average molecular weight is 281 g/mol. The molecule has 1 aromatic carbocycles. The molecule has 0 bridgehead atoms. The van der Waals surface area contributed by atoms with E-state index in [1.54, 1.807) is 6.07 Å². The molecular weight excluding hydrogens is 258 g/mol. The van der Waals surface area contributed by atoms with E-state index in [0.717, 1.165) is 26.2 Å². The summed E-state index contributed by atoms with van der Waals surface area (Å²) in [4.78, 5) is 4.62. The van der Waals surface area contributed by atoms with Gasteiger partial charge < -0.3 is 25.5 Å². The third-order valence-electron chi connectivity index (χ3n) is 3.89. The maximum atomic E-state index is 9.74. The zero-order valence-corrected chi connectivity index (χ0v) is 12.0. The fraction of sp³-hybridized carbons (Fsp3) is 0.571. The first-order valence-electron chi connectivity index (χ1n) is 6.81. The summed E-state index contributed by atoms with van der Waals surface area (Å²) in [7, 11) is 4.23. The molecule has 0 aromatic heterocycles. The van der Waals surface area contributed by atoms with Crippen molar-refractivity contribution in [2.45, 2.75) is 12.6 Å². The number of nitrogens with one attached hydrogen (secondary N) is 1. The van der Waals surface area contributed by atoms with Crippen LogP contribution in [0.1, 0.15) is 5.56 Å². The molecule has 1 aliphatic rings. The summed E-state index contributed by atoms with van der Waals surface area (Å²) in [5, 5.41) is 31.8. The Balaban J connectivity index is 1.88. The second-order valence-corrected chi connectivity index (χ2v) is 5.47. The first kappa shape index (κ1) is 14.9. The van der Waals surface area contributed by atoms with Gasteiger partial charge in [0, 0.05) is 44.3 Å². The third kappa shape index (κ3) is 3.33. The maximum absolute atomic E-state index is 9.74. The molecule has 6 nitrogen and oxygen atoms in total. The second-order valence-electron chi connectivity index (χ2n) is 5.47. The van der Waals surface area contributed by atoms with Gasteiger partial charge in [-0.3, -0.25) is 4.90 Å². The van der Waals surface area contributed by atoms with Crippen molar-refractivity contribution in [3.05, 3.63) is 17.7 Å². The SMILES string of the molecule is CN1CCN(C)C(CNCc2ccc(O)c(O)c2O)C1. The van der Waals surface area contributed by atoms with Crippen molar-refractivity contribution < 1.29 is 15.3 Å². The van der Waals surface area contributed by atoms with Gasteiger partial charge in [0.15, 0.2) is 11.5 Å². The molecule has 1 fully saturated rings. The normalized spacial score (nSPS) is 21.2. The van der Waals surface area contributed by atoms with Gasteiger partial charge in [0.05, 0.1) is 0 Å². The van der Waals surface area contributed by atoms with Gasteiger partial charge in [-0.25, -0.2) is 0 Å². The standard InChI is InChI=1S/C14H23N3O3/c1-16-5-6-17(2)11(9-16)8-15-7-10-3-4-12(18)14(20)13(10)19/h3-4,11,15,18-20H,5-9H2,1-2H3. The van der Waals surface area contributed by atoms with Crippen LogP contribution >= 0.6 is 0 Å². The van der Waals surface area contributed by atoms with Crippen molar-refractivity contribution in [1.82, 2.24) is 15.1 Å². The summed E-state index contributed by atoms with van der Waals surface area (Å²) in [5.74, 6) is -1.02. The molecule has 1 aliphatic heterocycles. The van der Waals surface area contributed by atoms with Gasteiger partial charge in [0.1, 0.15) is 0 Å². The zero-order valence-electron chi connectivity index (χ0n) is 12.0. The van der Waals surface area contributed by atoms with Crippen molar-refractivity contribution in [3.8, 4) is 17.2 Å². The van der Waals surface area contributed by atoms with Crippen LogP contribution in [0.15, 0.2) is 12.1 Å². The van der Waals surface area contributed by atoms with Gasteiger partial charge in [-0.1, -0.05) is 6.07 Å². The fourth-order valence-electron chi connectivity index (χ4n) is 2.45. The lowest BCUT2D eigenvalue weighted by Crippen LogP contribution is -2.53. The van der Waals surface area contributed by atoms with Crippen LogP contribution in [0.3, 0.4) is 0 Å². The minimum Gasteiger partial charge on any atom is -0.504 e. The van der Waals surface area contributed by atoms with E-state index in [0.29, 0.717) is 18.2 Å². The van der Waals surface area contributed by atoms with Gasteiger partial charge in [-0.15, -0.1) is 0 Å². The highest BCUT2D eigenvalue weighted by molar-refractivity contribution is 5.52. The van der Waals surface area contributed by atoms with Crippen LogP contribution in [0.2, 0.25) is 0 Å². The smallest absolute Gasteiger partial charge is 0.200 e. The second kappa shape index (κ2) is 6.30. The van der Waals surface area contributed by atoms with Crippen molar-refractivity contribution in [1.29, 1.82) is 0 Å². The van der Waals surface area contributed by atoms with E-state index in [4.69, 9.17) is 0 Å². The summed E-state index contributed by atoms with van der Waals surface area (Å²) >= 11 is 0. The predicted octanol–water partition coefficient (Wildman–Crippen LogP) is 0.139. The molecule has 2 rings (SSSR count). The Morgan fingerprint density at radius 1 is 1.15 bits per heavy atom. The van der Waals surface area contributed by atoms with Crippen LogP contribution in [0.25, 0.3) is 0 Å². The highest BCUT2D eigenvalue weighted by Crippen LogP contribution is 2.36. The zero-order chi connectivity index (χ0) is 14.7. The number of nitrogens with zero attached hydrogens (tertiary/aromatic N) is 2. The lowest BCUT2D eigenvalue weighted by Gasteiger charge is -2.37. The van der Waals surface area contributed by atoms with E-state index in [9.17, 15) is 15.3 Å². The molecule has 0 radical (unpaired) electrons. The van der Waals surface area contributed by atoms with Gasteiger partial charge in [-0.05, 0) is 20.2 Å². The summed E-state index contributed by atoms with van der Waals surface area (Å²) in [6, 6.07) is 3.42. The van der Waals surface area contributed by atoms with Crippen LogP contribution < -0.4 is 5.32 Å². The maximum Gasteiger partial charge on any atom is 0.200 e. The van der Waals surface area contributed by atoms with Crippen LogP contribution in [-0.2, 0) is 6.54 Å². The molecule has 4 N–H and O–H groups in total. The number of hydrogen-bond donors (Lipinski definition) is 4. The lowest BCUT2D eigenvalue weighted by atomic mass is 10.1. The molecule has 1 saturated heterocycles. The monoisotopic (exact) mass is 281 g/mol. The van der Waals surface area contributed by atoms with E-state index in [1.807, 2.05) is 0 Å². The third-order valence-corrected chi connectivity index (χ3v) is 3.89. The Morgan fingerprint density at radius 2 is 1.90 bits per heavy atom. The largest absolute Gasteiger partial charge is 0.504 e. The predicted molar refractivity (Wildman–Crippen MR) is 77.1 cm³/mol. The van der Waals surface area contributed by atoms with Crippen molar-refractivity contribution in [2.75, 3.05) is 40.3 Å². The molecular formula is C14H23N3O3. The van der Waals surface area contributed by atoms with E-state index in [-0.39, 0.29) is 11.5 Å². The van der Waals surface area contributed by atoms with E-state index in [1.165, 1.54) is 6.07 Å². The summed E-state index contributed by atoms with van der Waals surface area (Å²) in [6.45, 7) is 4.40. The molecule has 6 heteroatoms. The minimum atomic E-state index is -0.459. The number of phenolic OH excluding ortho intramolecular Hbond substituents is 3. The van der Waals surface area contributed by atoms with E-state index in [2.05, 4.69) is 29.2 Å². The topological polar surface area (TPSA) is 79.2 Å². The van der Waals surface area contributed by atoms with Crippen molar-refractivity contribution in [2.24, 2.45) is 0 Å². The molecule has 20 heavy (non-hydrogen) atoms. The molecule has 112 valence electrons. The molecule has 1 aromatic rings. The number of piperazine rings is 1. The summed E-state index contributed by atoms with van der Waals surface area (Å²) in [6.07, 6.45) is 0. The van der Waals surface area contributed by atoms with E-state index >= 15 is 0 Å². The molecule has 0 aliphatic carbocycles. The van der Waals surface area contributed by atoms with Crippen molar-refractivity contribution in [3.63, 3.8) is 0 Å². The fourth-order valence-corrected chi connectivity index (χ4v) is 2.45. The van der Waals surface area contributed by atoms with Gasteiger partial charge in [0.25, 0.3) is 0 Å². The number of likely N-dealkylation sites (N-methyl/N-ethyl adjacent to an activating group) is 2. The van der Waals surface area contributed by atoms with Crippen LogP contribution in [0.5, 0.6) is 17.2 Å². The number of benzene rings is 1. The molecule has 1 heterocycles. The molecule has 0 amide bonds. The highest BCUT2D eigenvalue weighted by atomic mass is 16.3. The first-order valence-corrected chi connectivity index (χ1v) is 6.81. The number of aromatic hydroxyl groups is 3. The average Bonchev–Trinajstić information content (AvgIpc) is 2.42. The highest BCUT2D eigenvalue weighted by Gasteiger charge is 2.21. The molecule has 1 unspecified atom stereocenters. The van der Waals surface area contributed by atoms with Gasteiger partial charge >= 0.3 is 0 Å².